The van der Waals surface area contributed by atoms with Crippen LogP contribution in [0.1, 0.15) is 6.42 Å². The number of benzene rings is 1. The maximum Gasteiger partial charge on any atom is 0.135 e. The van der Waals surface area contributed by atoms with Gasteiger partial charge in [-0.3, -0.25) is 0 Å². The van der Waals surface area contributed by atoms with E-state index in [-0.39, 0.29) is 0 Å². The van der Waals surface area contributed by atoms with Gasteiger partial charge in [0.1, 0.15) is 23.7 Å². The number of rotatable bonds is 8. The van der Waals surface area contributed by atoms with Crippen LogP contribution in [-0.4, -0.2) is 37.3 Å². The van der Waals surface area contributed by atoms with Crippen molar-refractivity contribution in [3.63, 3.8) is 0 Å². The maximum absolute atomic E-state index is 5.13. The number of hydrogen-bond donors (Lipinski definition) is 2. The van der Waals surface area contributed by atoms with Gasteiger partial charge in [-0.05, 0) is 30.7 Å². The molecular formula is C15H20N4O2. The fourth-order valence-corrected chi connectivity index (χ4v) is 1.78. The summed E-state index contributed by atoms with van der Waals surface area (Å²) >= 11 is 0. The van der Waals surface area contributed by atoms with Crippen molar-refractivity contribution in [3.05, 3.63) is 36.7 Å². The monoisotopic (exact) mass is 288 g/mol. The number of ether oxygens (including phenoxy) is 2. The molecule has 112 valence electrons. The summed E-state index contributed by atoms with van der Waals surface area (Å²) in [5.41, 5.74) is 0.944. The number of nitrogens with zero attached hydrogens (tertiary/aromatic N) is 2. The van der Waals surface area contributed by atoms with Crippen molar-refractivity contribution < 1.29 is 9.47 Å². The Morgan fingerprint density at radius 3 is 2.52 bits per heavy atom. The molecule has 1 heterocycles. The smallest absolute Gasteiger partial charge is 0.135 e. The van der Waals surface area contributed by atoms with E-state index in [4.69, 9.17) is 9.47 Å². The highest BCUT2D eigenvalue weighted by molar-refractivity contribution is 5.59. The second-order valence-corrected chi connectivity index (χ2v) is 4.42. The highest BCUT2D eigenvalue weighted by Gasteiger charge is 2.00. The molecular weight excluding hydrogens is 268 g/mol. The molecule has 0 fully saturated rings. The minimum atomic E-state index is 0.731. The van der Waals surface area contributed by atoms with Crippen LogP contribution < -0.4 is 15.4 Å². The predicted molar refractivity (Wildman–Crippen MR) is 83.3 cm³/mol. The zero-order valence-corrected chi connectivity index (χ0v) is 12.3. The van der Waals surface area contributed by atoms with E-state index >= 15 is 0 Å². The number of hydrogen-bond acceptors (Lipinski definition) is 6. The molecule has 0 amide bonds. The topological polar surface area (TPSA) is 68.3 Å². The minimum absolute atomic E-state index is 0.731. The Kier molecular flexibility index (Phi) is 5.78. The van der Waals surface area contributed by atoms with Gasteiger partial charge in [0.25, 0.3) is 0 Å². The van der Waals surface area contributed by atoms with Crippen LogP contribution >= 0.6 is 0 Å². The number of nitrogens with one attached hydrogen (secondary N) is 2. The second kappa shape index (κ2) is 8.06. The van der Waals surface area contributed by atoms with E-state index in [1.807, 2.05) is 30.3 Å². The van der Waals surface area contributed by atoms with Crippen LogP contribution in [0.5, 0.6) is 5.75 Å². The molecule has 0 aliphatic carbocycles. The van der Waals surface area contributed by atoms with Gasteiger partial charge in [0.05, 0.1) is 7.11 Å². The lowest BCUT2D eigenvalue weighted by molar-refractivity contribution is 0.198. The Labute approximate surface area is 124 Å². The van der Waals surface area contributed by atoms with Crippen molar-refractivity contribution in [1.29, 1.82) is 0 Å². The molecule has 2 aromatic rings. The molecule has 2 N–H and O–H groups in total. The number of aromatic nitrogens is 2. The van der Waals surface area contributed by atoms with Crippen LogP contribution in [-0.2, 0) is 4.74 Å². The van der Waals surface area contributed by atoms with E-state index in [0.29, 0.717) is 0 Å². The Hall–Kier alpha value is -2.34. The molecule has 0 atom stereocenters. The molecule has 1 aromatic heterocycles. The van der Waals surface area contributed by atoms with Gasteiger partial charge >= 0.3 is 0 Å². The molecule has 6 heteroatoms. The normalized spacial score (nSPS) is 10.2. The van der Waals surface area contributed by atoms with Gasteiger partial charge in [0.15, 0.2) is 0 Å². The average Bonchev–Trinajstić information content (AvgIpc) is 2.53. The van der Waals surface area contributed by atoms with Crippen LogP contribution in [0, 0.1) is 0 Å². The molecule has 0 bridgehead atoms. The van der Waals surface area contributed by atoms with E-state index < -0.39 is 0 Å². The lowest BCUT2D eigenvalue weighted by Crippen LogP contribution is -2.06. The molecule has 0 radical (unpaired) electrons. The first-order chi connectivity index (χ1) is 10.3. The van der Waals surface area contributed by atoms with Gasteiger partial charge in [0.2, 0.25) is 0 Å². The summed E-state index contributed by atoms with van der Waals surface area (Å²) in [6.45, 7) is 1.54. The molecule has 21 heavy (non-hydrogen) atoms. The zero-order chi connectivity index (χ0) is 14.9. The summed E-state index contributed by atoms with van der Waals surface area (Å²) in [4.78, 5) is 8.39. The third-order valence-electron chi connectivity index (χ3n) is 2.86. The number of anilines is 3. The lowest BCUT2D eigenvalue weighted by atomic mass is 10.3. The van der Waals surface area contributed by atoms with Crippen molar-refractivity contribution in [3.8, 4) is 5.75 Å². The molecule has 0 spiro atoms. The fraction of sp³-hybridized carbons (Fsp3) is 0.333. The van der Waals surface area contributed by atoms with Crippen molar-refractivity contribution in [2.75, 3.05) is 38.0 Å². The predicted octanol–water partition coefficient (Wildman–Crippen LogP) is 2.68. The van der Waals surface area contributed by atoms with Crippen LogP contribution in [0.2, 0.25) is 0 Å². The Balaban J connectivity index is 1.93. The Morgan fingerprint density at radius 1 is 1.05 bits per heavy atom. The molecule has 1 aromatic carbocycles. The third kappa shape index (κ3) is 4.92. The summed E-state index contributed by atoms with van der Waals surface area (Å²) in [5.74, 6) is 2.35. The van der Waals surface area contributed by atoms with Gasteiger partial charge < -0.3 is 20.1 Å². The molecule has 0 aliphatic heterocycles. The highest BCUT2D eigenvalue weighted by atomic mass is 16.5. The van der Waals surface area contributed by atoms with Gasteiger partial charge in [-0.15, -0.1) is 0 Å². The Morgan fingerprint density at radius 2 is 1.81 bits per heavy atom. The molecule has 0 saturated heterocycles. The summed E-state index contributed by atoms with van der Waals surface area (Å²) in [7, 11) is 3.34. The van der Waals surface area contributed by atoms with Crippen LogP contribution in [0.15, 0.2) is 36.7 Å². The van der Waals surface area contributed by atoms with Gasteiger partial charge in [0, 0.05) is 32.0 Å². The quantitative estimate of drug-likeness (QED) is 0.728. The summed E-state index contributed by atoms with van der Waals surface area (Å²) in [5, 5.41) is 6.46. The molecule has 0 unspecified atom stereocenters. The summed E-state index contributed by atoms with van der Waals surface area (Å²) < 4.78 is 10.1. The van der Waals surface area contributed by atoms with Crippen molar-refractivity contribution in [1.82, 2.24) is 9.97 Å². The lowest BCUT2D eigenvalue weighted by Gasteiger charge is -2.09. The summed E-state index contributed by atoms with van der Waals surface area (Å²) in [6, 6.07) is 9.54. The van der Waals surface area contributed by atoms with Gasteiger partial charge in [-0.1, -0.05) is 0 Å². The Bertz CT molecular complexity index is 546. The van der Waals surface area contributed by atoms with Crippen molar-refractivity contribution in [2.45, 2.75) is 6.42 Å². The van der Waals surface area contributed by atoms with Crippen molar-refractivity contribution >= 4 is 17.3 Å². The van der Waals surface area contributed by atoms with E-state index in [1.165, 1.54) is 6.33 Å². The molecule has 0 aliphatic rings. The molecule has 6 nitrogen and oxygen atoms in total. The zero-order valence-electron chi connectivity index (χ0n) is 12.3. The largest absolute Gasteiger partial charge is 0.497 e. The van der Waals surface area contributed by atoms with Crippen molar-refractivity contribution in [2.24, 2.45) is 0 Å². The molecule has 2 rings (SSSR count). The van der Waals surface area contributed by atoms with Gasteiger partial charge in [-0.25, -0.2) is 9.97 Å². The first-order valence-electron chi connectivity index (χ1n) is 6.78. The van der Waals surface area contributed by atoms with E-state index in [1.54, 1.807) is 14.2 Å². The molecule has 0 saturated carbocycles. The van der Waals surface area contributed by atoms with E-state index in [9.17, 15) is 0 Å². The highest BCUT2D eigenvalue weighted by Crippen LogP contribution is 2.19. The third-order valence-corrected chi connectivity index (χ3v) is 2.86. The first-order valence-corrected chi connectivity index (χ1v) is 6.78. The fourth-order valence-electron chi connectivity index (χ4n) is 1.78. The SMILES string of the molecule is COCCCNc1cc(Nc2ccc(OC)cc2)ncn1. The average molecular weight is 288 g/mol. The van der Waals surface area contributed by atoms with E-state index in [0.717, 1.165) is 42.6 Å². The first kappa shape index (κ1) is 15.1. The summed E-state index contributed by atoms with van der Waals surface area (Å²) in [6.07, 6.45) is 2.46. The van der Waals surface area contributed by atoms with Crippen LogP contribution in [0.4, 0.5) is 17.3 Å². The standard InChI is InChI=1S/C15H20N4O2/c1-20-9-3-8-16-14-10-15(18-11-17-14)19-12-4-6-13(21-2)7-5-12/h4-7,10-11H,3,8-9H2,1-2H3,(H2,16,17,18,19). The number of methoxy groups -OCH3 is 2. The minimum Gasteiger partial charge on any atom is -0.497 e. The van der Waals surface area contributed by atoms with Crippen LogP contribution in [0.25, 0.3) is 0 Å². The van der Waals surface area contributed by atoms with Gasteiger partial charge in [-0.2, -0.15) is 0 Å². The van der Waals surface area contributed by atoms with Crippen LogP contribution in [0.3, 0.4) is 0 Å². The second-order valence-electron chi connectivity index (χ2n) is 4.42. The maximum atomic E-state index is 5.13. The van der Waals surface area contributed by atoms with E-state index in [2.05, 4.69) is 20.6 Å².